The van der Waals surface area contributed by atoms with Gasteiger partial charge >= 0.3 is 0 Å². The zero-order valence-corrected chi connectivity index (χ0v) is 11.6. The van der Waals surface area contributed by atoms with E-state index in [0.29, 0.717) is 19.1 Å². The van der Waals surface area contributed by atoms with Gasteiger partial charge in [-0.25, -0.2) is 4.39 Å². The lowest BCUT2D eigenvalue weighted by molar-refractivity contribution is 0.104. The van der Waals surface area contributed by atoms with E-state index in [1.54, 1.807) is 6.07 Å². The fourth-order valence-electron chi connectivity index (χ4n) is 1.73. The average Bonchev–Trinajstić information content (AvgIpc) is 2.34. The van der Waals surface area contributed by atoms with E-state index in [1.807, 2.05) is 13.8 Å². The van der Waals surface area contributed by atoms with Gasteiger partial charge in [-0.15, -0.1) is 0 Å². The van der Waals surface area contributed by atoms with Gasteiger partial charge in [0.15, 0.2) is 0 Å². The third kappa shape index (κ3) is 4.70. The maximum absolute atomic E-state index is 12.8. The van der Waals surface area contributed by atoms with Crippen molar-refractivity contribution < 1.29 is 9.13 Å². The van der Waals surface area contributed by atoms with E-state index in [4.69, 9.17) is 4.74 Å². The Labute approximate surface area is 109 Å². The normalized spacial score (nSPS) is 14.8. The quantitative estimate of drug-likeness (QED) is 0.812. The average molecular weight is 254 g/mol. The summed E-state index contributed by atoms with van der Waals surface area (Å²) in [6.45, 7) is 9.72. The van der Waals surface area contributed by atoms with Gasteiger partial charge in [-0.05, 0) is 31.9 Å². The lowest BCUT2D eigenvalue weighted by Gasteiger charge is -2.26. The highest BCUT2D eigenvalue weighted by Crippen LogP contribution is 2.13. The van der Waals surface area contributed by atoms with Crippen LogP contribution in [0.4, 0.5) is 4.39 Å². The van der Waals surface area contributed by atoms with Gasteiger partial charge in [-0.2, -0.15) is 0 Å². The van der Waals surface area contributed by atoms with Crippen LogP contribution in [-0.2, 0) is 4.74 Å². The van der Waals surface area contributed by atoms with Crippen molar-refractivity contribution in [1.29, 1.82) is 0 Å². The summed E-state index contributed by atoms with van der Waals surface area (Å²) in [5.74, 6) is 0.167. The lowest BCUT2D eigenvalue weighted by Crippen LogP contribution is -2.39. The van der Waals surface area contributed by atoms with Crippen LogP contribution in [0.25, 0.3) is 0 Å². The third-order valence-electron chi connectivity index (χ3n) is 2.96. The molecule has 0 spiro atoms. The van der Waals surface area contributed by atoms with Crippen molar-refractivity contribution in [3.63, 3.8) is 0 Å². The van der Waals surface area contributed by atoms with Crippen LogP contribution in [0.3, 0.4) is 0 Å². The second-order valence-electron chi connectivity index (χ2n) is 4.80. The molecule has 1 N–H and O–H groups in total. The fourth-order valence-corrected chi connectivity index (χ4v) is 1.73. The molecule has 18 heavy (non-hydrogen) atoms. The van der Waals surface area contributed by atoms with Gasteiger partial charge in [0.2, 0.25) is 0 Å². The van der Waals surface area contributed by atoms with E-state index in [9.17, 15) is 4.39 Å². The molecular formula is C14H23FN2O. The Kier molecular flexibility index (Phi) is 6.22. The third-order valence-corrected chi connectivity index (χ3v) is 2.96. The molecule has 2 unspecified atom stereocenters. The van der Waals surface area contributed by atoms with E-state index < -0.39 is 0 Å². The smallest absolute Gasteiger partial charge is 0.141 e. The molecule has 3 nitrogen and oxygen atoms in total. The summed E-state index contributed by atoms with van der Waals surface area (Å²) in [6, 6.07) is 3.50. The summed E-state index contributed by atoms with van der Waals surface area (Å²) in [6.07, 6.45) is 1.25. The highest BCUT2D eigenvalue weighted by Gasteiger charge is 2.17. The van der Waals surface area contributed by atoms with Crippen molar-refractivity contribution in [2.45, 2.75) is 39.8 Å². The van der Waals surface area contributed by atoms with E-state index in [2.05, 4.69) is 24.1 Å². The lowest BCUT2D eigenvalue weighted by atomic mass is 10.0. The first-order valence-electron chi connectivity index (χ1n) is 6.49. The first-order chi connectivity index (χ1) is 8.54. The minimum absolute atomic E-state index is 0.0819. The predicted octanol–water partition coefficient (Wildman–Crippen LogP) is 2.93. The summed E-state index contributed by atoms with van der Waals surface area (Å²) in [5.41, 5.74) is 0.846. The number of hydrogen-bond donors (Lipinski definition) is 1. The predicted molar refractivity (Wildman–Crippen MR) is 70.9 cm³/mol. The highest BCUT2D eigenvalue weighted by molar-refractivity contribution is 5.09. The van der Waals surface area contributed by atoms with Crippen molar-refractivity contribution in [1.82, 2.24) is 10.3 Å². The molecule has 0 saturated carbocycles. The summed E-state index contributed by atoms with van der Waals surface area (Å²) in [4.78, 5) is 4.09. The van der Waals surface area contributed by atoms with E-state index in [1.165, 1.54) is 12.3 Å². The SMILES string of the molecule is CCOCC(NC(C)c1ccc(F)cn1)C(C)C. The standard InChI is InChI=1S/C14H23FN2O/c1-5-18-9-14(10(2)3)17-11(4)13-7-6-12(15)8-16-13/h6-8,10-11,14,17H,5,9H2,1-4H3. The van der Waals surface area contributed by atoms with Crippen LogP contribution in [0.2, 0.25) is 0 Å². The molecule has 4 heteroatoms. The van der Waals surface area contributed by atoms with Crippen molar-refractivity contribution in [2.24, 2.45) is 5.92 Å². The number of aromatic nitrogens is 1. The van der Waals surface area contributed by atoms with Gasteiger partial charge in [0, 0.05) is 18.7 Å². The van der Waals surface area contributed by atoms with Gasteiger partial charge < -0.3 is 10.1 Å². The largest absolute Gasteiger partial charge is 0.380 e. The van der Waals surface area contributed by atoms with Crippen LogP contribution in [-0.4, -0.2) is 24.2 Å². The van der Waals surface area contributed by atoms with E-state index >= 15 is 0 Å². The minimum atomic E-state index is -0.305. The zero-order chi connectivity index (χ0) is 13.5. The van der Waals surface area contributed by atoms with Crippen molar-refractivity contribution >= 4 is 0 Å². The summed E-state index contributed by atoms with van der Waals surface area (Å²) < 4.78 is 18.3. The molecule has 1 aromatic rings. The molecule has 0 aliphatic carbocycles. The van der Waals surface area contributed by atoms with Gasteiger partial charge in [0.05, 0.1) is 18.5 Å². The fraction of sp³-hybridized carbons (Fsp3) is 0.643. The maximum Gasteiger partial charge on any atom is 0.141 e. The molecular weight excluding hydrogens is 231 g/mol. The van der Waals surface area contributed by atoms with E-state index in [0.717, 1.165) is 5.69 Å². The molecule has 0 aromatic carbocycles. The number of hydrogen-bond acceptors (Lipinski definition) is 3. The molecule has 2 atom stereocenters. The maximum atomic E-state index is 12.8. The Bertz CT molecular complexity index is 340. The summed E-state index contributed by atoms with van der Waals surface area (Å²) in [7, 11) is 0. The topological polar surface area (TPSA) is 34.1 Å². The summed E-state index contributed by atoms with van der Waals surface area (Å²) >= 11 is 0. The van der Waals surface area contributed by atoms with Gasteiger partial charge in [-0.1, -0.05) is 13.8 Å². The highest BCUT2D eigenvalue weighted by atomic mass is 19.1. The minimum Gasteiger partial charge on any atom is -0.380 e. The Morgan fingerprint density at radius 3 is 2.56 bits per heavy atom. The molecule has 1 heterocycles. The van der Waals surface area contributed by atoms with Crippen LogP contribution < -0.4 is 5.32 Å². The molecule has 0 aliphatic heterocycles. The van der Waals surface area contributed by atoms with Gasteiger partial charge in [0.25, 0.3) is 0 Å². The van der Waals surface area contributed by atoms with Gasteiger partial charge in [-0.3, -0.25) is 4.98 Å². The molecule has 0 radical (unpaired) electrons. The number of ether oxygens (including phenoxy) is 1. The molecule has 102 valence electrons. The van der Waals surface area contributed by atoms with Gasteiger partial charge in [0.1, 0.15) is 5.82 Å². The molecule has 0 fully saturated rings. The number of rotatable bonds is 7. The second kappa shape index (κ2) is 7.44. The Morgan fingerprint density at radius 2 is 2.06 bits per heavy atom. The van der Waals surface area contributed by atoms with Crippen LogP contribution in [0.5, 0.6) is 0 Å². The van der Waals surface area contributed by atoms with Crippen LogP contribution >= 0.6 is 0 Å². The van der Waals surface area contributed by atoms with Crippen molar-refractivity contribution in [2.75, 3.05) is 13.2 Å². The molecule has 1 rings (SSSR count). The molecule has 0 bridgehead atoms. The number of nitrogens with zero attached hydrogens (tertiary/aromatic N) is 1. The zero-order valence-electron chi connectivity index (χ0n) is 11.6. The molecule has 0 saturated heterocycles. The first-order valence-corrected chi connectivity index (χ1v) is 6.49. The number of halogens is 1. The molecule has 1 aromatic heterocycles. The Balaban J connectivity index is 2.59. The van der Waals surface area contributed by atoms with Crippen LogP contribution in [0.1, 0.15) is 39.4 Å². The monoisotopic (exact) mass is 254 g/mol. The van der Waals surface area contributed by atoms with Crippen molar-refractivity contribution in [3.05, 3.63) is 29.8 Å². The molecule has 0 aliphatic rings. The van der Waals surface area contributed by atoms with E-state index in [-0.39, 0.29) is 17.9 Å². The number of nitrogens with one attached hydrogen (secondary N) is 1. The van der Waals surface area contributed by atoms with Crippen molar-refractivity contribution in [3.8, 4) is 0 Å². The Morgan fingerprint density at radius 1 is 1.33 bits per heavy atom. The second-order valence-corrected chi connectivity index (χ2v) is 4.80. The number of pyridine rings is 1. The van der Waals surface area contributed by atoms with Crippen LogP contribution in [0.15, 0.2) is 18.3 Å². The summed E-state index contributed by atoms with van der Waals surface area (Å²) in [5, 5.41) is 3.48. The Hall–Kier alpha value is -1.00. The first kappa shape index (κ1) is 15.1. The molecule has 0 amide bonds. The van der Waals surface area contributed by atoms with Crippen LogP contribution in [0, 0.1) is 11.7 Å².